The van der Waals surface area contributed by atoms with Gasteiger partial charge in [-0.2, -0.15) is 0 Å². The van der Waals surface area contributed by atoms with Crippen molar-refractivity contribution in [1.82, 2.24) is 5.32 Å². The number of carbonyl (C=O) groups excluding carboxylic acids is 1. The number of carbonyl (C=O) groups is 1. The van der Waals surface area contributed by atoms with E-state index in [2.05, 4.69) is 12.2 Å². The number of amides is 1. The molecule has 0 aliphatic heterocycles. The number of unbranched alkanes of at least 4 members (excludes halogenated alkanes) is 14. The Balaban J connectivity index is 1.78. The van der Waals surface area contributed by atoms with E-state index in [1.807, 2.05) is 0 Å². The average Bonchev–Trinajstić information content (AvgIpc) is 2.66. The summed E-state index contributed by atoms with van der Waals surface area (Å²) in [5, 5.41) is 12.9. The minimum Gasteiger partial charge on any atom is -0.391 e. The second kappa shape index (κ2) is 17.5. The summed E-state index contributed by atoms with van der Waals surface area (Å²) in [6.45, 7) is 2.28. The lowest BCUT2D eigenvalue weighted by Gasteiger charge is -2.28. The van der Waals surface area contributed by atoms with Crippen LogP contribution in [0, 0.1) is 0 Å². The predicted octanol–water partition coefficient (Wildman–Crippen LogP) is 6.67. The summed E-state index contributed by atoms with van der Waals surface area (Å²) in [4.78, 5) is 12.0. The van der Waals surface area contributed by atoms with E-state index in [0.717, 1.165) is 32.1 Å². The van der Waals surface area contributed by atoms with Crippen molar-refractivity contribution in [3.05, 3.63) is 0 Å². The monoisotopic (exact) mass is 381 g/mol. The number of nitrogens with one attached hydrogen (secondary N) is 1. The number of aliphatic hydroxyl groups is 1. The maximum absolute atomic E-state index is 12.0. The van der Waals surface area contributed by atoms with Gasteiger partial charge < -0.3 is 10.4 Å². The molecule has 1 aliphatic carbocycles. The van der Waals surface area contributed by atoms with Gasteiger partial charge in [-0.05, 0) is 19.3 Å². The fourth-order valence-corrected chi connectivity index (χ4v) is 4.22. The molecule has 3 nitrogen and oxygen atoms in total. The van der Waals surface area contributed by atoms with Crippen molar-refractivity contribution in [3.63, 3.8) is 0 Å². The number of hydrogen-bond donors (Lipinski definition) is 2. The largest absolute Gasteiger partial charge is 0.391 e. The molecule has 27 heavy (non-hydrogen) atoms. The van der Waals surface area contributed by atoms with Crippen LogP contribution in [0.15, 0.2) is 0 Å². The van der Waals surface area contributed by atoms with Crippen LogP contribution in [0.2, 0.25) is 0 Å². The van der Waals surface area contributed by atoms with Crippen LogP contribution in [0.1, 0.15) is 135 Å². The van der Waals surface area contributed by atoms with Gasteiger partial charge in [0.15, 0.2) is 0 Å². The van der Waals surface area contributed by atoms with Crippen LogP contribution in [0.5, 0.6) is 0 Å². The Labute approximate surface area is 169 Å². The van der Waals surface area contributed by atoms with Gasteiger partial charge in [0.05, 0.1) is 12.1 Å². The van der Waals surface area contributed by atoms with Gasteiger partial charge in [0.1, 0.15) is 0 Å². The second-order valence-electron chi connectivity index (χ2n) is 8.73. The highest BCUT2D eigenvalue weighted by atomic mass is 16.3. The minimum absolute atomic E-state index is 0.00240. The first kappa shape index (κ1) is 24.5. The maximum atomic E-state index is 12.0. The molecule has 2 N–H and O–H groups in total. The summed E-state index contributed by atoms with van der Waals surface area (Å²) in [5.41, 5.74) is 0. The molecule has 1 saturated carbocycles. The average molecular weight is 382 g/mol. The van der Waals surface area contributed by atoms with Crippen molar-refractivity contribution in [2.75, 3.05) is 0 Å². The van der Waals surface area contributed by atoms with E-state index >= 15 is 0 Å². The van der Waals surface area contributed by atoms with E-state index < -0.39 is 0 Å². The first-order valence-electron chi connectivity index (χ1n) is 12.2. The SMILES string of the molecule is CCCCCCCCCCCCCCCCCC(=O)N[C@@H]1CCCC[C@H]1O. The van der Waals surface area contributed by atoms with Crippen LogP contribution in [-0.2, 0) is 4.79 Å². The first-order chi connectivity index (χ1) is 13.2. The van der Waals surface area contributed by atoms with Crippen molar-refractivity contribution in [2.24, 2.45) is 0 Å². The van der Waals surface area contributed by atoms with Crippen LogP contribution >= 0.6 is 0 Å². The Hall–Kier alpha value is -0.570. The highest BCUT2D eigenvalue weighted by Gasteiger charge is 2.23. The van der Waals surface area contributed by atoms with Crippen LogP contribution in [-0.4, -0.2) is 23.2 Å². The molecule has 0 radical (unpaired) electrons. The summed E-state index contributed by atoms with van der Waals surface area (Å²) in [6.07, 6.45) is 24.5. The third kappa shape index (κ3) is 14.1. The van der Waals surface area contributed by atoms with E-state index in [9.17, 15) is 9.90 Å². The molecular formula is C24H47NO2. The highest BCUT2D eigenvalue weighted by molar-refractivity contribution is 5.76. The predicted molar refractivity (Wildman–Crippen MR) is 116 cm³/mol. The smallest absolute Gasteiger partial charge is 0.220 e. The molecule has 1 amide bonds. The van der Waals surface area contributed by atoms with Gasteiger partial charge in [-0.3, -0.25) is 4.79 Å². The molecule has 160 valence electrons. The van der Waals surface area contributed by atoms with Crippen molar-refractivity contribution in [2.45, 2.75) is 147 Å². The fraction of sp³-hybridized carbons (Fsp3) is 0.958. The lowest BCUT2D eigenvalue weighted by molar-refractivity contribution is -0.123. The van der Waals surface area contributed by atoms with Gasteiger partial charge >= 0.3 is 0 Å². The van der Waals surface area contributed by atoms with Gasteiger partial charge in [-0.15, -0.1) is 0 Å². The lowest BCUT2D eigenvalue weighted by Crippen LogP contribution is -2.44. The highest BCUT2D eigenvalue weighted by Crippen LogP contribution is 2.19. The quantitative estimate of drug-likeness (QED) is 0.276. The molecule has 0 heterocycles. The molecule has 0 aromatic carbocycles. The Morgan fingerprint density at radius 1 is 0.741 bits per heavy atom. The third-order valence-corrected chi connectivity index (χ3v) is 6.08. The van der Waals surface area contributed by atoms with Crippen molar-refractivity contribution in [1.29, 1.82) is 0 Å². The van der Waals surface area contributed by atoms with Crippen molar-refractivity contribution >= 4 is 5.91 Å². The summed E-state index contributed by atoms with van der Waals surface area (Å²) in [5.74, 6) is 0.135. The Morgan fingerprint density at radius 2 is 1.19 bits per heavy atom. The van der Waals surface area contributed by atoms with Gasteiger partial charge in [0.25, 0.3) is 0 Å². The molecule has 1 aliphatic rings. The summed E-state index contributed by atoms with van der Waals surface area (Å²) in [6, 6.07) is 0.00240. The zero-order valence-corrected chi connectivity index (χ0v) is 18.2. The molecule has 0 aromatic rings. The van der Waals surface area contributed by atoms with Gasteiger partial charge in [0, 0.05) is 6.42 Å². The number of hydrogen-bond acceptors (Lipinski definition) is 2. The molecule has 0 unspecified atom stereocenters. The summed E-state index contributed by atoms with van der Waals surface area (Å²) >= 11 is 0. The molecule has 0 spiro atoms. The second-order valence-corrected chi connectivity index (χ2v) is 8.73. The Morgan fingerprint density at radius 3 is 1.67 bits per heavy atom. The fourth-order valence-electron chi connectivity index (χ4n) is 4.22. The lowest BCUT2D eigenvalue weighted by atomic mass is 9.92. The molecule has 0 aromatic heterocycles. The molecule has 3 heteroatoms. The number of aliphatic hydroxyl groups excluding tert-OH is 1. The van der Waals surface area contributed by atoms with Crippen LogP contribution < -0.4 is 5.32 Å². The van der Waals surface area contributed by atoms with E-state index in [1.165, 1.54) is 89.9 Å². The van der Waals surface area contributed by atoms with E-state index in [0.29, 0.717) is 6.42 Å². The topological polar surface area (TPSA) is 49.3 Å². The van der Waals surface area contributed by atoms with Crippen LogP contribution in [0.4, 0.5) is 0 Å². The standard InChI is InChI=1S/C24H47NO2/c1-2-3-4-5-6-7-8-9-10-11-12-13-14-15-16-21-24(27)25-22-19-17-18-20-23(22)26/h22-23,26H,2-21H2,1H3,(H,25,27)/t22-,23-/m1/s1. The molecule has 0 bridgehead atoms. The molecule has 1 rings (SSSR count). The van der Waals surface area contributed by atoms with Crippen molar-refractivity contribution < 1.29 is 9.90 Å². The van der Waals surface area contributed by atoms with Crippen molar-refractivity contribution in [3.8, 4) is 0 Å². The maximum Gasteiger partial charge on any atom is 0.220 e. The number of rotatable bonds is 17. The molecule has 0 saturated heterocycles. The van der Waals surface area contributed by atoms with E-state index in [-0.39, 0.29) is 18.1 Å². The third-order valence-electron chi connectivity index (χ3n) is 6.08. The molecule has 1 fully saturated rings. The zero-order chi connectivity index (χ0) is 19.6. The Kier molecular flexibility index (Phi) is 15.9. The first-order valence-corrected chi connectivity index (χ1v) is 12.2. The van der Waals surface area contributed by atoms with E-state index in [1.54, 1.807) is 0 Å². The minimum atomic E-state index is -0.330. The zero-order valence-electron chi connectivity index (χ0n) is 18.2. The van der Waals surface area contributed by atoms with Gasteiger partial charge in [-0.25, -0.2) is 0 Å². The molecular weight excluding hydrogens is 334 g/mol. The van der Waals surface area contributed by atoms with Gasteiger partial charge in [0.2, 0.25) is 5.91 Å². The summed E-state index contributed by atoms with van der Waals surface area (Å²) < 4.78 is 0. The van der Waals surface area contributed by atoms with E-state index in [4.69, 9.17) is 0 Å². The molecule has 2 atom stereocenters. The van der Waals surface area contributed by atoms with Crippen LogP contribution in [0.3, 0.4) is 0 Å². The normalized spacial score (nSPS) is 19.9. The van der Waals surface area contributed by atoms with Crippen LogP contribution in [0.25, 0.3) is 0 Å². The van der Waals surface area contributed by atoms with Gasteiger partial charge in [-0.1, -0.05) is 110 Å². The Bertz CT molecular complexity index is 345. The summed E-state index contributed by atoms with van der Waals surface area (Å²) in [7, 11) is 0.